The molecule has 0 radical (unpaired) electrons. The molecule has 0 aliphatic heterocycles. The van der Waals surface area contributed by atoms with E-state index < -0.39 is 0 Å². The third-order valence-electron chi connectivity index (χ3n) is 1.50. The number of aromatic nitrogens is 2. The molecule has 3 nitrogen and oxygen atoms in total. The number of nitrogens with two attached hydrogens (primary N) is 1. The van der Waals surface area contributed by atoms with E-state index in [1.54, 1.807) is 6.20 Å². The molecule has 0 spiro atoms. The van der Waals surface area contributed by atoms with Crippen LogP contribution in [0.3, 0.4) is 0 Å². The lowest BCUT2D eigenvalue weighted by atomic mass is 10.4. The second-order valence-corrected chi connectivity index (χ2v) is 4.15. The molecule has 0 unspecified atom stereocenters. The Morgan fingerprint density at radius 2 is 2.08 bits per heavy atom. The van der Waals surface area contributed by atoms with Crippen LogP contribution in [0.2, 0.25) is 4.34 Å². The molecule has 13 heavy (non-hydrogen) atoms. The van der Waals surface area contributed by atoms with Gasteiger partial charge in [0.2, 0.25) is 0 Å². The van der Waals surface area contributed by atoms with E-state index in [0.717, 1.165) is 14.9 Å². The number of thiophene rings is 1. The largest absolute Gasteiger partial charge is 0.382 e. The summed E-state index contributed by atoms with van der Waals surface area (Å²) in [5.41, 5.74) is 6.21. The summed E-state index contributed by atoms with van der Waals surface area (Å²) in [5, 5.41) is 0. The molecular formula is C8H6ClN3S. The van der Waals surface area contributed by atoms with Crippen molar-refractivity contribution in [3.05, 3.63) is 28.9 Å². The highest BCUT2D eigenvalue weighted by molar-refractivity contribution is 7.19. The quantitative estimate of drug-likeness (QED) is 0.788. The van der Waals surface area contributed by atoms with Crippen molar-refractivity contribution in [3.63, 3.8) is 0 Å². The van der Waals surface area contributed by atoms with Crippen LogP contribution in [0.4, 0.5) is 5.82 Å². The van der Waals surface area contributed by atoms with Gasteiger partial charge in [0.1, 0.15) is 5.82 Å². The monoisotopic (exact) mass is 211 g/mol. The average Bonchev–Trinajstić information content (AvgIpc) is 2.53. The molecule has 0 saturated heterocycles. The molecule has 0 aromatic carbocycles. The van der Waals surface area contributed by atoms with E-state index in [9.17, 15) is 0 Å². The topological polar surface area (TPSA) is 51.8 Å². The molecule has 0 bridgehead atoms. The van der Waals surface area contributed by atoms with Gasteiger partial charge in [0.05, 0.1) is 27.3 Å². The minimum Gasteiger partial charge on any atom is -0.382 e. The Morgan fingerprint density at radius 3 is 2.62 bits per heavy atom. The first-order chi connectivity index (χ1) is 6.25. The van der Waals surface area contributed by atoms with Gasteiger partial charge in [-0.3, -0.25) is 0 Å². The van der Waals surface area contributed by atoms with Gasteiger partial charge in [0.25, 0.3) is 0 Å². The van der Waals surface area contributed by atoms with Crippen LogP contribution in [0.5, 0.6) is 0 Å². The van der Waals surface area contributed by atoms with E-state index in [1.165, 1.54) is 17.5 Å². The molecule has 66 valence electrons. The minimum absolute atomic E-state index is 0.423. The lowest BCUT2D eigenvalue weighted by molar-refractivity contribution is 1.22. The summed E-state index contributed by atoms with van der Waals surface area (Å²) >= 11 is 7.26. The Bertz CT molecular complexity index is 410. The number of halogens is 1. The number of hydrogen-bond donors (Lipinski definition) is 1. The summed E-state index contributed by atoms with van der Waals surface area (Å²) in [6.45, 7) is 0. The first-order valence-electron chi connectivity index (χ1n) is 3.59. The van der Waals surface area contributed by atoms with Crippen molar-refractivity contribution in [3.8, 4) is 10.6 Å². The standard InChI is InChI=1S/C8H6ClN3S/c9-7-2-1-6(13-7)5-3-12-8(10)4-11-5/h1-4H,(H2,10,12). The number of rotatable bonds is 1. The van der Waals surface area contributed by atoms with E-state index in [2.05, 4.69) is 9.97 Å². The second kappa shape index (κ2) is 3.32. The minimum atomic E-state index is 0.423. The molecular weight excluding hydrogens is 206 g/mol. The molecule has 0 saturated carbocycles. The summed E-state index contributed by atoms with van der Waals surface area (Å²) in [6.07, 6.45) is 3.17. The maximum atomic E-state index is 5.79. The van der Waals surface area contributed by atoms with Crippen molar-refractivity contribution in [2.75, 3.05) is 5.73 Å². The summed E-state index contributed by atoms with van der Waals surface area (Å²) in [6, 6.07) is 3.74. The fourth-order valence-corrected chi connectivity index (χ4v) is 1.92. The Labute approximate surface area is 84.2 Å². The zero-order chi connectivity index (χ0) is 9.26. The number of nitrogen functional groups attached to an aromatic ring is 1. The zero-order valence-electron chi connectivity index (χ0n) is 6.57. The third kappa shape index (κ3) is 1.79. The third-order valence-corrected chi connectivity index (χ3v) is 2.75. The lowest BCUT2D eigenvalue weighted by Gasteiger charge is -1.94. The predicted molar refractivity (Wildman–Crippen MR) is 54.8 cm³/mol. The zero-order valence-corrected chi connectivity index (χ0v) is 8.14. The molecule has 0 fully saturated rings. The van der Waals surface area contributed by atoms with Gasteiger partial charge in [0.15, 0.2) is 0 Å². The van der Waals surface area contributed by atoms with Crippen LogP contribution >= 0.6 is 22.9 Å². The van der Waals surface area contributed by atoms with Crippen LogP contribution in [0.25, 0.3) is 10.6 Å². The molecule has 0 atom stereocenters. The van der Waals surface area contributed by atoms with Crippen LogP contribution in [-0.2, 0) is 0 Å². The van der Waals surface area contributed by atoms with Crippen LogP contribution in [0, 0.1) is 0 Å². The maximum Gasteiger partial charge on any atom is 0.141 e. The SMILES string of the molecule is Nc1cnc(-c2ccc(Cl)s2)cn1. The van der Waals surface area contributed by atoms with Crippen molar-refractivity contribution in [2.45, 2.75) is 0 Å². The number of hydrogen-bond acceptors (Lipinski definition) is 4. The molecule has 2 aromatic rings. The van der Waals surface area contributed by atoms with E-state index in [-0.39, 0.29) is 0 Å². The van der Waals surface area contributed by atoms with Crippen molar-refractivity contribution in [1.29, 1.82) is 0 Å². The van der Waals surface area contributed by atoms with Gasteiger partial charge in [0, 0.05) is 0 Å². The lowest BCUT2D eigenvalue weighted by Crippen LogP contribution is -1.91. The van der Waals surface area contributed by atoms with Crippen molar-refractivity contribution >= 4 is 28.8 Å². The van der Waals surface area contributed by atoms with Crippen LogP contribution < -0.4 is 5.73 Å². The molecule has 2 heterocycles. The molecule has 0 amide bonds. The van der Waals surface area contributed by atoms with Gasteiger partial charge in [-0.25, -0.2) is 9.97 Å². The van der Waals surface area contributed by atoms with Gasteiger partial charge in [-0.05, 0) is 12.1 Å². The molecule has 5 heteroatoms. The van der Waals surface area contributed by atoms with E-state index in [1.807, 2.05) is 12.1 Å². The Morgan fingerprint density at radius 1 is 1.23 bits per heavy atom. The summed E-state index contributed by atoms with van der Waals surface area (Å²) in [7, 11) is 0. The molecule has 2 N–H and O–H groups in total. The van der Waals surface area contributed by atoms with E-state index >= 15 is 0 Å². The first-order valence-corrected chi connectivity index (χ1v) is 4.78. The summed E-state index contributed by atoms with van der Waals surface area (Å²) in [5.74, 6) is 0.423. The van der Waals surface area contributed by atoms with Gasteiger partial charge < -0.3 is 5.73 Å². The van der Waals surface area contributed by atoms with E-state index in [0.29, 0.717) is 5.82 Å². The van der Waals surface area contributed by atoms with Crippen LogP contribution in [0.15, 0.2) is 24.5 Å². The van der Waals surface area contributed by atoms with Crippen LogP contribution in [-0.4, -0.2) is 9.97 Å². The molecule has 2 rings (SSSR count). The Balaban J connectivity index is 2.41. The van der Waals surface area contributed by atoms with Crippen molar-refractivity contribution < 1.29 is 0 Å². The fraction of sp³-hybridized carbons (Fsp3) is 0. The smallest absolute Gasteiger partial charge is 0.141 e. The van der Waals surface area contributed by atoms with Gasteiger partial charge in [-0.1, -0.05) is 11.6 Å². The fourth-order valence-electron chi connectivity index (χ4n) is 0.917. The first kappa shape index (κ1) is 8.47. The summed E-state index contributed by atoms with van der Waals surface area (Å²) < 4.78 is 0.744. The molecule has 0 aliphatic rings. The van der Waals surface area contributed by atoms with Gasteiger partial charge in [-0.15, -0.1) is 11.3 Å². The average molecular weight is 212 g/mol. The number of anilines is 1. The number of nitrogens with zero attached hydrogens (tertiary/aromatic N) is 2. The molecule has 0 aliphatic carbocycles. The predicted octanol–water partition coefficient (Wildman–Crippen LogP) is 2.44. The highest BCUT2D eigenvalue weighted by Gasteiger charge is 2.02. The Hall–Kier alpha value is -1.13. The maximum absolute atomic E-state index is 5.79. The van der Waals surface area contributed by atoms with Gasteiger partial charge in [-0.2, -0.15) is 0 Å². The highest BCUT2D eigenvalue weighted by atomic mass is 35.5. The normalized spacial score (nSPS) is 10.2. The van der Waals surface area contributed by atoms with Gasteiger partial charge >= 0.3 is 0 Å². The Kier molecular flexibility index (Phi) is 2.16. The van der Waals surface area contributed by atoms with Crippen molar-refractivity contribution in [2.24, 2.45) is 0 Å². The second-order valence-electron chi connectivity index (χ2n) is 2.43. The molecule has 2 aromatic heterocycles. The van der Waals surface area contributed by atoms with Crippen molar-refractivity contribution in [1.82, 2.24) is 9.97 Å². The highest BCUT2D eigenvalue weighted by Crippen LogP contribution is 2.29. The van der Waals surface area contributed by atoms with Crippen LogP contribution in [0.1, 0.15) is 0 Å². The summed E-state index contributed by atoms with van der Waals surface area (Å²) in [4.78, 5) is 9.07. The van der Waals surface area contributed by atoms with E-state index in [4.69, 9.17) is 17.3 Å².